The summed E-state index contributed by atoms with van der Waals surface area (Å²) in [5, 5.41) is 10.7. The van der Waals surface area contributed by atoms with E-state index in [1.165, 1.54) is 11.3 Å². The van der Waals surface area contributed by atoms with E-state index in [0.717, 1.165) is 22.2 Å². The quantitative estimate of drug-likeness (QED) is 0.376. The Kier molecular flexibility index (Phi) is 5.00. The molecule has 0 atom stereocenters. The van der Waals surface area contributed by atoms with Crippen molar-refractivity contribution in [3.8, 4) is 22.3 Å². The van der Waals surface area contributed by atoms with Crippen molar-refractivity contribution >= 4 is 40.3 Å². The summed E-state index contributed by atoms with van der Waals surface area (Å²) < 4.78 is 11.9. The first-order valence-electron chi connectivity index (χ1n) is 9.64. The lowest BCUT2D eigenvalue weighted by atomic mass is 10.1. The summed E-state index contributed by atoms with van der Waals surface area (Å²) in [4.78, 5) is 27.5. The lowest BCUT2D eigenvalue weighted by molar-refractivity contribution is -0.120. The fourth-order valence-electron chi connectivity index (χ4n) is 3.35. The van der Waals surface area contributed by atoms with Gasteiger partial charge in [0.2, 0.25) is 11.0 Å². The molecule has 0 radical (unpaired) electrons. The van der Waals surface area contributed by atoms with E-state index < -0.39 is 0 Å². The van der Waals surface area contributed by atoms with Gasteiger partial charge in [-0.3, -0.25) is 9.59 Å². The highest BCUT2D eigenvalue weighted by atomic mass is 32.1. The maximum atomic E-state index is 12.5. The zero-order chi connectivity index (χ0) is 22.1. The van der Waals surface area contributed by atoms with Crippen LogP contribution in [0.15, 0.2) is 70.5 Å². The van der Waals surface area contributed by atoms with Gasteiger partial charge in [0.05, 0.1) is 10.9 Å². The summed E-state index contributed by atoms with van der Waals surface area (Å²) in [7, 11) is 0. The van der Waals surface area contributed by atoms with Crippen molar-refractivity contribution in [2.45, 2.75) is 6.92 Å². The molecule has 0 saturated carbocycles. The molecule has 158 valence electrons. The molecule has 32 heavy (non-hydrogen) atoms. The van der Waals surface area contributed by atoms with Gasteiger partial charge in [-0.15, -0.1) is 0 Å². The van der Waals surface area contributed by atoms with E-state index in [1.807, 2.05) is 48.5 Å². The molecule has 2 aromatic carbocycles. The Bertz CT molecular complexity index is 1440. The number of carbonyl (C=O) groups excluding carboxylic acids is 2. The number of anilines is 1. The van der Waals surface area contributed by atoms with Gasteiger partial charge in [0.15, 0.2) is 5.76 Å². The predicted octanol–water partition coefficient (Wildman–Crippen LogP) is 4.84. The highest BCUT2D eigenvalue weighted by Crippen LogP contribution is 2.33. The summed E-state index contributed by atoms with van der Waals surface area (Å²) in [5.41, 5.74) is 3.04. The zero-order valence-electron chi connectivity index (χ0n) is 16.8. The van der Waals surface area contributed by atoms with Crippen LogP contribution >= 0.6 is 11.3 Å². The lowest BCUT2D eigenvalue weighted by Crippen LogP contribution is -2.10. The Balaban J connectivity index is 1.60. The van der Waals surface area contributed by atoms with E-state index >= 15 is 0 Å². The lowest BCUT2D eigenvalue weighted by Gasteiger charge is -2.05. The summed E-state index contributed by atoms with van der Waals surface area (Å²) in [6.45, 7) is 2.11. The molecule has 0 aliphatic carbocycles. The number of thiazole rings is 1. The number of nitrogens with zero attached hydrogens (tertiary/aromatic N) is 3. The monoisotopic (exact) mass is 444 g/mol. The number of fused-ring (bicyclic) bond motifs is 1. The van der Waals surface area contributed by atoms with Crippen molar-refractivity contribution in [3.05, 3.63) is 77.6 Å². The van der Waals surface area contributed by atoms with Gasteiger partial charge in [-0.05, 0) is 37.3 Å². The van der Waals surface area contributed by atoms with Crippen molar-refractivity contribution < 1.29 is 18.7 Å². The largest absolute Gasteiger partial charge is 0.456 e. The van der Waals surface area contributed by atoms with Crippen LogP contribution in [-0.2, 0) is 4.79 Å². The number of carbonyl (C=O) groups is 2. The Morgan fingerprint density at radius 2 is 2.00 bits per heavy atom. The summed E-state index contributed by atoms with van der Waals surface area (Å²) in [6.07, 6.45) is 0. The van der Waals surface area contributed by atoms with Crippen LogP contribution in [-0.4, -0.2) is 27.1 Å². The number of amides is 1. The Morgan fingerprint density at radius 3 is 2.75 bits per heavy atom. The number of rotatable bonds is 6. The molecule has 0 unspecified atom stereocenters. The normalized spacial score (nSPS) is 10.9. The highest BCUT2D eigenvalue weighted by molar-refractivity contribution is 7.12. The topological polar surface area (TPSA) is 99.3 Å². The molecule has 3 heterocycles. The van der Waals surface area contributed by atoms with Crippen LogP contribution in [0.5, 0.6) is 5.88 Å². The van der Waals surface area contributed by atoms with Crippen LogP contribution in [0.2, 0.25) is 0 Å². The van der Waals surface area contributed by atoms with Crippen LogP contribution in [0.4, 0.5) is 5.69 Å². The second-order valence-electron chi connectivity index (χ2n) is 6.91. The third-order valence-electron chi connectivity index (χ3n) is 4.77. The second kappa shape index (κ2) is 8.12. The molecule has 0 fully saturated rings. The van der Waals surface area contributed by atoms with Crippen LogP contribution in [0, 0.1) is 6.92 Å². The zero-order valence-corrected chi connectivity index (χ0v) is 17.6. The number of hydrogen-bond donors (Lipinski definition) is 1. The van der Waals surface area contributed by atoms with Gasteiger partial charge in [0.1, 0.15) is 11.5 Å². The fourth-order valence-corrected chi connectivity index (χ4v) is 4.04. The smallest absolute Gasteiger partial charge is 0.299 e. The predicted molar refractivity (Wildman–Crippen MR) is 120 cm³/mol. The molecular weight excluding hydrogens is 428 g/mol. The molecule has 3 aromatic heterocycles. The SMILES string of the molecule is Cc1ccc(C(=O)Nc2ccc3c(-c4ccccc4)nn(-c4nc(OC=O)cs4)c3c2)o1. The van der Waals surface area contributed by atoms with Crippen LogP contribution < -0.4 is 10.1 Å². The number of benzene rings is 2. The third kappa shape index (κ3) is 3.65. The molecule has 0 aliphatic heterocycles. The number of nitrogens with one attached hydrogen (secondary N) is 1. The van der Waals surface area contributed by atoms with Crippen molar-refractivity contribution in [1.82, 2.24) is 14.8 Å². The first kappa shape index (κ1) is 19.7. The minimum Gasteiger partial charge on any atom is -0.456 e. The first-order valence-corrected chi connectivity index (χ1v) is 10.5. The van der Waals surface area contributed by atoms with Gasteiger partial charge in [0, 0.05) is 16.6 Å². The number of aryl methyl sites for hydroxylation is 1. The average Bonchev–Trinajstić information content (AvgIpc) is 3.53. The maximum Gasteiger partial charge on any atom is 0.299 e. The van der Waals surface area contributed by atoms with Crippen molar-refractivity contribution in [3.63, 3.8) is 0 Å². The molecule has 5 rings (SSSR count). The van der Waals surface area contributed by atoms with Gasteiger partial charge in [-0.25, -0.2) is 4.68 Å². The summed E-state index contributed by atoms with van der Waals surface area (Å²) >= 11 is 1.29. The maximum absolute atomic E-state index is 12.5. The molecular formula is C23H16N4O4S. The number of furan rings is 1. The van der Waals surface area contributed by atoms with E-state index in [0.29, 0.717) is 23.1 Å². The van der Waals surface area contributed by atoms with E-state index in [-0.39, 0.29) is 17.5 Å². The molecule has 1 amide bonds. The van der Waals surface area contributed by atoms with E-state index in [2.05, 4.69) is 10.3 Å². The molecule has 0 aliphatic rings. The Labute approximate surface area is 186 Å². The molecule has 5 aromatic rings. The Hall–Kier alpha value is -4.24. The summed E-state index contributed by atoms with van der Waals surface area (Å²) in [6, 6.07) is 18.7. The fraction of sp³-hybridized carbons (Fsp3) is 0.0435. The number of ether oxygens (including phenoxy) is 1. The van der Waals surface area contributed by atoms with Crippen LogP contribution in [0.1, 0.15) is 16.3 Å². The minimum absolute atomic E-state index is 0.197. The van der Waals surface area contributed by atoms with Gasteiger partial charge in [0.25, 0.3) is 12.4 Å². The molecule has 9 heteroatoms. The van der Waals surface area contributed by atoms with Gasteiger partial charge in [-0.2, -0.15) is 10.1 Å². The minimum atomic E-state index is -0.345. The summed E-state index contributed by atoms with van der Waals surface area (Å²) in [5.74, 6) is 0.746. The molecule has 0 bridgehead atoms. The van der Waals surface area contributed by atoms with Crippen LogP contribution in [0.3, 0.4) is 0 Å². The second-order valence-corrected chi connectivity index (χ2v) is 7.74. The van der Waals surface area contributed by atoms with E-state index in [1.54, 1.807) is 29.1 Å². The van der Waals surface area contributed by atoms with E-state index in [9.17, 15) is 9.59 Å². The highest BCUT2D eigenvalue weighted by Gasteiger charge is 2.18. The third-order valence-corrected chi connectivity index (χ3v) is 5.57. The van der Waals surface area contributed by atoms with E-state index in [4.69, 9.17) is 14.3 Å². The molecule has 0 spiro atoms. The number of aromatic nitrogens is 3. The standard InChI is InChI=1S/C23H16N4O4S/c1-14-7-10-19(31-14)22(29)24-16-8-9-17-18(11-16)27(23-25-20(12-32-23)30-13-28)26-21(17)15-5-3-2-4-6-15/h2-13H,1H3,(H,24,29). The Morgan fingerprint density at radius 1 is 1.16 bits per heavy atom. The van der Waals surface area contributed by atoms with Crippen molar-refractivity contribution in [1.29, 1.82) is 0 Å². The number of hydrogen-bond acceptors (Lipinski definition) is 7. The average molecular weight is 444 g/mol. The van der Waals surface area contributed by atoms with Gasteiger partial charge in [-0.1, -0.05) is 41.7 Å². The molecule has 0 saturated heterocycles. The first-order chi connectivity index (χ1) is 15.6. The molecule has 8 nitrogen and oxygen atoms in total. The van der Waals surface area contributed by atoms with Crippen LogP contribution in [0.25, 0.3) is 27.3 Å². The van der Waals surface area contributed by atoms with Gasteiger partial charge < -0.3 is 14.5 Å². The molecule has 1 N–H and O–H groups in total. The van der Waals surface area contributed by atoms with Crippen molar-refractivity contribution in [2.75, 3.05) is 5.32 Å². The van der Waals surface area contributed by atoms with Gasteiger partial charge >= 0.3 is 0 Å². The van der Waals surface area contributed by atoms with Crippen molar-refractivity contribution in [2.24, 2.45) is 0 Å².